The molecule has 1 unspecified atom stereocenters. The molecule has 1 aliphatic rings. The van der Waals surface area contributed by atoms with Crippen LogP contribution >= 0.6 is 11.6 Å². The molecule has 0 saturated heterocycles. The third-order valence-electron chi connectivity index (χ3n) is 6.20. The molecule has 0 aliphatic carbocycles. The topological polar surface area (TPSA) is 139 Å². The molecule has 1 amide bonds. The highest BCUT2D eigenvalue weighted by atomic mass is 35.5. The van der Waals surface area contributed by atoms with Crippen LogP contribution in [-0.2, 0) is 11.8 Å². The highest BCUT2D eigenvalue weighted by Gasteiger charge is 2.44. The molecule has 12 heteroatoms. The molecule has 4 rings (SSSR count). The van der Waals surface area contributed by atoms with Gasteiger partial charge in [-0.15, -0.1) is 0 Å². The van der Waals surface area contributed by atoms with Crippen molar-refractivity contribution in [3.8, 4) is 11.9 Å². The average Bonchev–Trinajstić information content (AvgIpc) is 3.14. The molecular formula is C27H25ClFN7O3. The number of nitrogens with zero attached hydrogens (tertiary/aromatic N) is 6. The van der Waals surface area contributed by atoms with E-state index in [4.69, 9.17) is 27.1 Å². The molecule has 3 heterocycles. The predicted octanol–water partition coefficient (Wildman–Crippen LogP) is 3.89. The second kappa shape index (κ2) is 10.7. The van der Waals surface area contributed by atoms with E-state index in [-0.39, 0.29) is 44.9 Å². The van der Waals surface area contributed by atoms with Gasteiger partial charge in [0.1, 0.15) is 34.8 Å². The second-order valence-corrected chi connectivity index (χ2v) is 9.62. The number of nitrogens with two attached hydrogens (primary N) is 1. The Balaban J connectivity index is 2.03. The van der Waals surface area contributed by atoms with Crippen LogP contribution < -0.4 is 20.9 Å². The molecule has 0 saturated carbocycles. The maximum Gasteiger partial charge on any atom is 0.275 e. The molecule has 1 atom stereocenters. The van der Waals surface area contributed by atoms with E-state index in [9.17, 15) is 19.2 Å². The standard InChI is InChI=1S/C27H25ClFN7O3/c1-13(2)23(34-19-11-32-14(3)33-25(19)39-5)21-22(31)27(38)36(20-9-17(28)12-35(4)26(20)37)24(21)15-6-7-16(10-30)18(29)8-15/h6-9,11-13,24H,31H2,1-5H3. The lowest BCUT2D eigenvalue weighted by Gasteiger charge is -2.28. The highest BCUT2D eigenvalue weighted by molar-refractivity contribution is 6.31. The zero-order chi connectivity index (χ0) is 28.6. The lowest BCUT2D eigenvalue weighted by Crippen LogP contribution is -2.37. The maximum absolute atomic E-state index is 14.9. The minimum atomic E-state index is -1.07. The molecule has 2 aromatic heterocycles. The first-order valence-electron chi connectivity index (χ1n) is 11.8. The Bertz CT molecular complexity index is 1660. The number of rotatable bonds is 6. The average molecular weight is 550 g/mol. The lowest BCUT2D eigenvalue weighted by molar-refractivity contribution is -0.114. The minimum Gasteiger partial charge on any atom is -0.479 e. The molecule has 200 valence electrons. The molecule has 2 N–H and O–H groups in total. The number of amides is 1. The fraction of sp³-hybridized carbons (Fsp3) is 0.259. The van der Waals surface area contributed by atoms with Gasteiger partial charge in [-0.1, -0.05) is 31.5 Å². The SMILES string of the molecule is COc1nc(C)ncc1N=C(C1=C(N)C(=O)N(c2cc(Cl)cn(C)c2=O)C1c1ccc(C#N)c(F)c1)C(C)C. The Kier molecular flexibility index (Phi) is 7.51. The van der Waals surface area contributed by atoms with Gasteiger partial charge >= 0.3 is 0 Å². The van der Waals surface area contributed by atoms with Gasteiger partial charge in [0.25, 0.3) is 11.5 Å². The van der Waals surface area contributed by atoms with E-state index in [0.717, 1.165) is 6.07 Å². The summed E-state index contributed by atoms with van der Waals surface area (Å²) in [5.41, 5.74) is 6.74. The number of hydrogen-bond acceptors (Lipinski definition) is 8. The third kappa shape index (κ3) is 4.98. The van der Waals surface area contributed by atoms with E-state index in [0.29, 0.717) is 17.2 Å². The monoisotopic (exact) mass is 549 g/mol. The molecule has 3 aromatic rings. The molecule has 0 fully saturated rings. The van der Waals surface area contributed by atoms with Crippen molar-refractivity contribution in [1.29, 1.82) is 5.26 Å². The number of methoxy groups -OCH3 is 1. The molecule has 0 spiro atoms. The fourth-order valence-electron chi connectivity index (χ4n) is 4.40. The fourth-order valence-corrected chi connectivity index (χ4v) is 4.65. The number of ether oxygens (including phenoxy) is 1. The first-order valence-corrected chi connectivity index (χ1v) is 12.2. The van der Waals surface area contributed by atoms with E-state index in [1.807, 2.05) is 13.8 Å². The zero-order valence-corrected chi connectivity index (χ0v) is 22.6. The summed E-state index contributed by atoms with van der Waals surface area (Å²) < 4.78 is 21.5. The van der Waals surface area contributed by atoms with Gasteiger partial charge in [0, 0.05) is 18.8 Å². The van der Waals surface area contributed by atoms with Gasteiger partial charge < -0.3 is 15.0 Å². The van der Waals surface area contributed by atoms with Gasteiger partial charge in [0.2, 0.25) is 5.88 Å². The van der Waals surface area contributed by atoms with Gasteiger partial charge in [0.15, 0.2) is 0 Å². The molecule has 1 aliphatic heterocycles. The normalized spacial score (nSPS) is 15.8. The summed E-state index contributed by atoms with van der Waals surface area (Å²) >= 11 is 6.26. The van der Waals surface area contributed by atoms with Crippen LogP contribution in [0, 0.1) is 30.0 Å². The zero-order valence-electron chi connectivity index (χ0n) is 21.9. The predicted molar refractivity (Wildman–Crippen MR) is 145 cm³/mol. The van der Waals surface area contributed by atoms with E-state index in [1.54, 1.807) is 13.0 Å². The quantitative estimate of drug-likeness (QED) is 0.460. The number of carbonyl (C=O) groups excluding carboxylic acids is 1. The van der Waals surface area contributed by atoms with Crippen molar-refractivity contribution in [3.05, 3.63) is 86.1 Å². The number of halogens is 2. The summed E-state index contributed by atoms with van der Waals surface area (Å²) in [6.45, 7) is 5.40. The summed E-state index contributed by atoms with van der Waals surface area (Å²) in [5, 5.41) is 9.45. The van der Waals surface area contributed by atoms with Crippen molar-refractivity contribution in [1.82, 2.24) is 14.5 Å². The van der Waals surface area contributed by atoms with Crippen LogP contribution in [0.25, 0.3) is 0 Å². The maximum atomic E-state index is 14.9. The number of anilines is 1. The number of hydrogen-bond donors (Lipinski definition) is 1. The van der Waals surface area contributed by atoms with Gasteiger partial charge in [-0.05, 0) is 36.6 Å². The van der Waals surface area contributed by atoms with Gasteiger partial charge in [0.05, 0.1) is 35.6 Å². The number of aliphatic imine (C=N–C) groups is 1. The first kappa shape index (κ1) is 27.5. The van der Waals surface area contributed by atoms with Crippen molar-refractivity contribution in [2.24, 2.45) is 23.7 Å². The van der Waals surface area contributed by atoms with Crippen LogP contribution in [-0.4, -0.2) is 33.3 Å². The third-order valence-corrected chi connectivity index (χ3v) is 6.41. The molecular weight excluding hydrogens is 525 g/mol. The Morgan fingerprint density at radius 3 is 2.64 bits per heavy atom. The summed E-state index contributed by atoms with van der Waals surface area (Å²) in [6, 6.07) is 6.03. The number of carbonyl (C=O) groups is 1. The lowest BCUT2D eigenvalue weighted by atomic mass is 9.89. The van der Waals surface area contributed by atoms with Crippen molar-refractivity contribution in [2.45, 2.75) is 26.8 Å². The highest BCUT2D eigenvalue weighted by Crippen LogP contribution is 2.42. The summed E-state index contributed by atoms with van der Waals surface area (Å²) in [4.78, 5) is 41.3. The minimum absolute atomic E-state index is 0.0536. The van der Waals surface area contributed by atoms with Crippen molar-refractivity contribution in [2.75, 3.05) is 12.0 Å². The van der Waals surface area contributed by atoms with Crippen LogP contribution in [0.2, 0.25) is 5.02 Å². The van der Waals surface area contributed by atoms with E-state index < -0.39 is 23.3 Å². The van der Waals surface area contributed by atoms with Gasteiger partial charge in [-0.2, -0.15) is 10.2 Å². The van der Waals surface area contributed by atoms with Crippen LogP contribution in [0.3, 0.4) is 0 Å². The first-order chi connectivity index (χ1) is 18.5. The molecule has 10 nitrogen and oxygen atoms in total. The number of nitriles is 1. The molecule has 0 bridgehead atoms. The van der Waals surface area contributed by atoms with E-state index in [2.05, 4.69) is 9.97 Å². The Morgan fingerprint density at radius 2 is 2.03 bits per heavy atom. The van der Waals surface area contributed by atoms with Crippen molar-refractivity contribution in [3.63, 3.8) is 0 Å². The summed E-state index contributed by atoms with van der Waals surface area (Å²) in [5.74, 6) is -1.08. The molecule has 39 heavy (non-hydrogen) atoms. The summed E-state index contributed by atoms with van der Waals surface area (Å²) in [7, 11) is 2.94. The number of aryl methyl sites for hydroxylation is 2. The largest absolute Gasteiger partial charge is 0.479 e. The van der Waals surface area contributed by atoms with Gasteiger partial charge in [-0.3, -0.25) is 14.5 Å². The molecule has 0 radical (unpaired) electrons. The Labute approximate surface area is 228 Å². The Morgan fingerprint density at radius 1 is 1.31 bits per heavy atom. The van der Waals surface area contributed by atoms with Crippen LogP contribution in [0.5, 0.6) is 5.88 Å². The van der Waals surface area contributed by atoms with Crippen molar-refractivity contribution >= 4 is 34.6 Å². The smallest absolute Gasteiger partial charge is 0.275 e. The Hall–Kier alpha value is -4.56. The number of pyridine rings is 1. The van der Waals surface area contributed by atoms with Crippen molar-refractivity contribution < 1.29 is 13.9 Å². The molecule has 1 aromatic carbocycles. The second-order valence-electron chi connectivity index (χ2n) is 9.18. The van der Waals surface area contributed by atoms with Crippen LogP contribution in [0.15, 0.2) is 57.7 Å². The number of benzene rings is 1. The van der Waals surface area contributed by atoms with Crippen LogP contribution in [0.4, 0.5) is 15.8 Å². The summed E-state index contributed by atoms with van der Waals surface area (Å²) in [6.07, 6.45) is 2.89. The number of aromatic nitrogens is 3. The van der Waals surface area contributed by atoms with Gasteiger partial charge in [-0.25, -0.2) is 14.4 Å². The van der Waals surface area contributed by atoms with E-state index >= 15 is 0 Å². The van der Waals surface area contributed by atoms with Crippen LogP contribution in [0.1, 0.15) is 36.8 Å². The van der Waals surface area contributed by atoms with E-state index in [1.165, 1.54) is 54.2 Å².